The number of unbranched alkanes of at least 4 members (excludes halogenated alkanes) is 11. The number of carbonyl (C=O) groups is 1. The molecule has 0 aliphatic heterocycles. The predicted octanol–water partition coefficient (Wildman–Crippen LogP) is 2.71. The molecule has 0 aliphatic rings. The van der Waals surface area contributed by atoms with Crippen molar-refractivity contribution in [3.63, 3.8) is 0 Å². The van der Waals surface area contributed by atoms with Gasteiger partial charge < -0.3 is 30.5 Å². The van der Waals surface area contributed by atoms with Crippen LogP contribution in [0.5, 0.6) is 0 Å². The smallest absolute Gasteiger partial charge is 0.297 e. The van der Waals surface area contributed by atoms with Crippen LogP contribution in [-0.4, -0.2) is 70.5 Å². The second-order valence-electron chi connectivity index (χ2n) is 11.3. The third kappa shape index (κ3) is 33.2. The largest absolute Gasteiger partial charge is 0.394 e. The summed E-state index contributed by atoms with van der Waals surface area (Å²) in [7, 11) is 0. The Morgan fingerprint density at radius 2 is 0.907 bits per heavy atom. The monoisotopic (exact) mass is 721 g/mol. The molecule has 0 saturated heterocycles. The second-order valence-corrected chi connectivity index (χ2v) is 11.3. The summed E-state index contributed by atoms with van der Waals surface area (Å²) in [6.45, 7) is 2.97. The van der Waals surface area contributed by atoms with Crippen molar-refractivity contribution in [2.75, 3.05) is 19.8 Å². The minimum Gasteiger partial charge on any atom is -0.394 e. The van der Waals surface area contributed by atoms with E-state index in [1.54, 1.807) is 6.92 Å². The number of rotatable bonds is 21. The minimum atomic E-state index is -1.34. The van der Waals surface area contributed by atoms with Crippen molar-refractivity contribution >= 4 is 5.91 Å². The Morgan fingerprint density at radius 3 is 1.30 bits per heavy atom. The molecule has 0 aromatic heterocycles. The van der Waals surface area contributed by atoms with Crippen molar-refractivity contribution in [1.29, 1.82) is 0 Å². The number of nitrogens with one attached hydrogen (secondary N) is 1. The lowest BCUT2D eigenvalue weighted by Crippen LogP contribution is -2.51. The highest BCUT2D eigenvalue weighted by Gasteiger charge is 2.27. The van der Waals surface area contributed by atoms with Gasteiger partial charge in [0.15, 0.2) is 0 Å². The van der Waals surface area contributed by atoms with Gasteiger partial charge in [-0.1, -0.05) is 89.9 Å². The average Bonchev–Trinajstić information content (AvgIpc) is 3.17. The standard InChI is InChI=1S/C47H47NO6/c1-3-5-7-9-11-13-15-17-18-19-20-21-22-23-24-25-26-27-29-31-33-35-37-39-46(52)48-44(42-54-41-43(50)40-49)47(53)45(51)38-36-34-32-30-28-16-14-12-10-8-6-4-2/h43-45,47,49-51,53H,4,6,8,10,12,14,16,28,30,32,34,36,38,40-42H2,1-2H3,(H,48,52)/t43-,44-,45+,47-/m0/s1. The summed E-state index contributed by atoms with van der Waals surface area (Å²) in [6, 6.07) is -1.01. The number of aliphatic hydroxyl groups is 4. The SMILES string of the molecule is CC#CC#CC#CC#CC#CC#CC#CC#CC#CC#CC#CC#CC(=O)N[C@@H](COC[C@@H](O)CO)[C@H](O)[C@H](O)CCCCCCCCCCCCCC. The molecule has 54 heavy (non-hydrogen) atoms. The molecule has 276 valence electrons. The van der Waals surface area contributed by atoms with Crippen molar-refractivity contribution in [2.45, 2.75) is 122 Å². The van der Waals surface area contributed by atoms with E-state index >= 15 is 0 Å². The van der Waals surface area contributed by atoms with Gasteiger partial charge in [-0.2, -0.15) is 0 Å². The van der Waals surface area contributed by atoms with Gasteiger partial charge in [-0.25, -0.2) is 0 Å². The van der Waals surface area contributed by atoms with E-state index in [4.69, 9.17) is 9.84 Å². The molecule has 0 heterocycles. The van der Waals surface area contributed by atoms with Crippen LogP contribution >= 0.6 is 0 Å². The lowest BCUT2D eigenvalue weighted by Gasteiger charge is -2.27. The first-order chi connectivity index (χ1) is 26.5. The van der Waals surface area contributed by atoms with Crippen LogP contribution in [-0.2, 0) is 9.53 Å². The van der Waals surface area contributed by atoms with Crippen LogP contribution in [0, 0.1) is 142 Å². The van der Waals surface area contributed by atoms with Crippen LogP contribution in [0.3, 0.4) is 0 Å². The zero-order chi connectivity index (χ0) is 39.6. The number of hydrogen-bond acceptors (Lipinski definition) is 6. The van der Waals surface area contributed by atoms with Gasteiger partial charge in [0.25, 0.3) is 5.91 Å². The van der Waals surface area contributed by atoms with Gasteiger partial charge in [0, 0.05) is 41.4 Å². The van der Waals surface area contributed by atoms with E-state index in [1.165, 1.54) is 51.4 Å². The van der Waals surface area contributed by atoms with Crippen molar-refractivity contribution in [3.05, 3.63) is 0 Å². The third-order valence-electron chi connectivity index (χ3n) is 6.91. The van der Waals surface area contributed by atoms with Gasteiger partial charge in [-0.15, -0.1) is 0 Å². The Labute approximate surface area is 324 Å². The zero-order valence-corrected chi connectivity index (χ0v) is 31.2. The number of hydrogen-bond donors (Lipinski definition) is 5. The summed E-state index contributed by atoms with van der Waals surface area (Å²) in [5.41, 5.74) is 0. The lowest BCUT2D eigenvalue weighted by molar-refractivity contribution is -0.119. The summed E-state index contributed by atoms with van der Waals surface area (Å²) >= 11 is 0. The lowest BCUT2D eigenvalue weighted by atomic mass is 9.99. The summed E-state index contributed by atoms with van der Waals surface area (Å²) < 4.78 is 5.35. The highest BCUT2D eigenvalue weighted by atomic mass is 16.5. The fraction of sp³-hybridized carbons (Fsp3) is 0.468. The average molecular weight is 722 g/mol. The number of aliphatic hydroxyl groups excluding tert-OH is 4. The van der Waals surface area contributed by atoms with Gasteiger partial charge in [0.05, 0.1) is 32.0 Å². The molecular formula is C47H47NO6. The van der Waals surface area contributed by atoms with Crippen molar-refractivity contribution in [3.8, 4) is 142 Å². The maximum atomic E-state index is 12.4. The van der Waals surface area contributed by atoms with Gasteiger partial charge in [-0.05, 0) is 108 Å². The molecule has 5 N–H and O–H groups in total. The van der Waals surface area contributed by atoms with E-state index in [9.17, 15) is 20.1 Å². The van der Waals surface area contributed by atoms with E-state index in [0.717, 1.165) is 25.7 Å². The maximum Gasteiger partial charge on any atom is 0.297 e. The van der Waals surface area contributed by atoms with Crippen molar-refractivity contribution in [1.82, 2.24) is 5.32 Å². The second kappa shape index (κ2) is 38.2. The first-order valence-electron chi connectivity index (χ1n) is 17.9. The fourth-order valence-corrected chi connectivity index (χ4v) is 4.22. The van der Waals surface area contributed by atoms with Gasteiger partial charge in [0.2, 0.25) is 0 Å². The Bertz CT molecular complexity index is 1920. The molecule has 1 amide bonds. The predicted molar refractivity (Wildman–Crippen MR) is 213 cm³/mol. The minimum absolute atomic E-state index is 0.214. The van der Waals surface area contributed by atoms with Crippen molar-refractivity contribution < 1.29 is 30.0 Å². The zero-order valence-electron chi connectivity index (χ0n) is 31.2. The molecule has 0 fully saturated rings. The maximum absolute atomic E-state index is 12.4. The van der Waals surface area contributed by atoms with Crippen LogP contribution < -0.4 is 5.32 Å². The molecule has 0 aromatic carbocycles. The summed E-state index contributed by atoms with van der Waals surface area (Å²) in [5, 5.41) is 42.5. The van der Waals surface area contributed by atoms with E-state index in [2.05, 4.69) is 154 Å². The van der Waals surface area contributed by atoms with Gasteiger partial charge in [0.1, 0.15) is 12.2 Å². The number of carbonyl (C=O) groups excluding carboxylic acids is 1. The Morgan fingerprint density at radius 1 is 0.537 bits per heavy atom. The van der Waals surface area contributed by atoms with Crippen LogP contribution in [0.25, 0.3) is 0 Å². The molecule has 0 spiro atoms. The molecule has 0 rings (SSSR count). The third-order valence-corrected chi connectivity index (χ3v) is 6.91. The fourth-order valence-electron chi connectivity index (χ4n) is 4.22. The molecule has 0 aliphatic carbocycles. The van der Waals surface area contributed by atoms with Crippen LogP contribution in [0.15, 0.2) is 0 Å². The molecule has 0 radical (unpaired) electrons. The molecule has 7 heteroatoms. The van der Waals surface area contributed by atoms with E-state index in [-0.39, 0.29) is 13.2 Å². The topological polar surface area (TPSA) is 119 Å². The number of ether oxygens (including phenoxy) is 1. The molecule has 7 nitrogen and oxygen atoms in total. The van der Waals surface area contributed by atoms with Crippen molar-refractivity contribution in [2.24, 2.45) is 0 Å². The highest BCUT2D eigenvalue weighted by Crippen LogP contribution is 2.15. The molecule has 4 atom stereocenters. The molecule has 0 unspecified atom stereocenters. The normalized spacial score (nSPS) is 10.4. The molecule has 0 bridgehead atoms. The number of amides is 1. The molecular weight excluding hydrogens is 675 g/mol. The highest BCUT2D eigenvalue weighted by molar-refractivity contribution is 5.94. The molecule has 0 saturated carbocycles. The summed E-state index contributed by atoms with van der Waals surface area (Å²) in [5.74, 6) is 58.8. The Kier molecular flexibility index (Phi) is 34.0. The Hall–Kier alpha value is -6.01. The van der Waals surface area contributed by atoms with Crippen LogP contribution in [0.2, 0.25) is 0 Å². The van der Waals surface area contributed by atoms with Crippen LogP contribution in [0.1, 0.15) is 97.3 Å². The quantitative estimate of drug-likeness (QED) is 0.0920. The summed E-state index contributed by atoms with van der Waals surface area (Å²) in [4.78, 5) is 12.4. The van der Waals surface area contributed by atoms with E-state index in [1.807, 2.05) is 0 Å². The van der Waals surface area contributed by atoms with E-state index in [0.29, 0.717) is 6.42 Å². The Balaban J connectivity index is 4.82. The summed E-state index contributed by atoms with van der Waals surface area (Å²) in [6.07, 6.45) is 11.0. The first kappa shape index (κ1) is 48.0. The first-order valence-corrected chi connectivity index (χ1v) is 17.9. The van der Waals surface area contributed by atoms with Crippen LogP contribution in [0.4, 0.5) is 0 Å². The van der Waals surface area contributed by atoms with E-state index < -0.39 is 36.9 Å². The molecule has 0 aromatic rings. The van der Waals surface area contributed by atoms with Gasteiger partial charge in [-0.3, -0.25) is 4.79 Å². The van der Waals surface area contributed by atoms with Gasteiger partial charge >= 0.3 is 0 Å².